The summed E-state index contributed by atoms with van der Waals surface area (Å²) in [5.74, 6) is 0.926. The van der Waals surface area contributed by atoms with Gasteiger partial charge in [-0.05, 0) is 6.92 Å². The fourth-order valence-electron chi connectivity index (χ4n) is 3.76. The number of imidazole rings is 1. The van der Waals surface area contributed by atoms with Crippen LogP contribution in [0.3, 0.4) is 0 Å². The molecule has 4 heterocycles. The summed E-state index contributed by atoms with van der Waals surface area (Å²) >= 11 is 0. The van der Waals surface area contributed by atoms with Gasteiger partial charge in [-0.3, -0.25) is 5.01 Å². The number of nitrogens with two attached hydrogens (primary N) is 1. The molecule has 0 bridgehead atoms. The fourth-order valence-corrected chi connectivity index (χ4v) is 3.76. The Labute approximate surface area is 143 Å². The first-order valence-corrected chi connectivity index (χ1v) is 8.00. The quantitative estimate of drug-likeness (QED) is 0.440. The van der Waals surface area contributed by atoms with Gasteiger partial charge in [0.15, 0.2) is 5.84 Å². The van der Waals surface area contributed by atoms with E-state index >= 15 is 0 Å². The number of ether oxygens (including phenoxy) is 1. The lowest BCUT2D eigenvalue weighted by atomic mass is 9.87. The molecule has 0 aromatic carbocycles. The van der Waals surface area contributed by atoms with Gasteiger partial charge in [-0.1, -0.05) is 0 Å². The molecule has 1 aromatic rings. The van der Waals surface area contributed by atoms with Crippen molar-refractivity contribution in [3.05, 3.63) is 23.9 Å². The number of hydrazone groups is 1. The lowest BCUT2D eigenvalue weighted by Gasteiger charge is -2.35. The molecule has 3 aliphatic rings. The van der Waals surface area contributed by atoms with Crippen LogP contribution < -0.4 is 5.73 Å². The zero-order valence-electron chi connectivity index (χ0n) is 13.6. The summed E-state index contributed by atoms with van der Waals surface area (Å²) in [4.78, 5) is 11.4. The number of amidine groups is 1. The molecule has 5 atom stereocenters. The molecule has 1 saturated heterocycles. The highest BCUT2D eigenvalue weighted by atomic mass is 16.6. The highest BCUT2D eigenvalue weighted by molar-refractivity contribution is 6.07. The molecule has 6 N–H and O–H groups in total. The number of hydrogen-bond acceptors (Lipinski definition) is 9. The molecule has 134 valence electrons. The van der Waals surface area contributed by atoms with Crippen molar-refractivity contribution in [2.45, 2.75) is 43.3 Å². The number of fused-ring (bicyclic) bond motifs is 1. The summed E-state index contributed by atoms with van der Waals surface area (Å²) in [7, 11) is 0. The van der Waals surface area contributed by atoms with Crippen molar-refractivity contribution in [3.8, 4) is 0 Å². The second-order valence-electron chi connectivity index (χ2n) is 6.57. The van der Waals surface area contributed by atoms with E-state index in [1.807, 2.05) is 0 Å². The van der Waals surface area contributed by atoms with Crippen LogP contribution in [0.15, 0.2) is 28.2 Å². The molecule has 25 heavy (non-hydrogen) atoms. The molecule has 4 rings (SSSR count). The molecule has 0 spiro atoms. The van der Waals surface area contributed by atoms with E-state index in [0.29, 0.717) is 23.8 Å². The third-order valence-electron chi connectivity index (χ3n) is 5.02. The maximum Gasteiger partial charge on any atom is 0.151 e. The molecule has 0 amide bonds. The largest absolute Gasteiger partial charge is 0.394 e. The smallest absolute Gasteiger partial charge is 0.151 e. The van der Waals surface area contributed by atoms with Crippen molar-refractivity contribution in [3.63, 3.8) is 0 Å². The Kier molecular flexibility index (Phi) is 3.65. The molecular formula is C15H20N6O4. The number of nitrogens with zero attached hydrogens (tertiary/aromatic N) is 4. The number of nitrogens with one attached hydrogen (secondary N) is 1. The molecule has 1 aromatic heterocycles. The Hall–Kier alpha value is -2.27. The second kappa shape index (κ2) is 5.63. The van der Waals surface area contributed by atoms with Crippen molar-refractivity contribution in [2.24, 2.45) is 15.8 Å². The van der Waals surface area contributed by atoms with Gasteiger partial charge in [0.2, 0.25) is 0 Å². The number of hydrogen-bond donors (Lipinski definition) is 5. The first-order chi connectivity index (χ1) is 11.9. The van der Waals surface area contributed by atoms with Crippen molar-refractivity contribution < 1.29 is 20.1 Å². The summed E-state index contributed by atoms with van der Waals surface area (Å²) in [6.07, 6.45) is 2.24. The molecular weight excluding hydrogens is 328 g/mol. The van der Waals surface area contributed by atoms with E-state index in [1.165, 1.54) is 13.3 Å². The van der Waals surface area contributed by atoms with Gasteiger partial charge in [-0.15, -0.1) is 0 Å². The number of aliphatic imine (C=N–C) groups is 1. The Balaban J connectivity index is 1.72. The van der Waals surface area contributed by atoms with Crippen LogP contribution in [0.1, 0.15) is 19.2 Å². The molecule has 0 saturated carbocycles. The predicted molar refractivity (Wildman–Crippen MR) is 88.2 cm³/mol. The molecule has 3 aliphatic heterocycles. The summed E-state index contributed by atoms with van der Waals surface area (Å²) < 4.78 is 5.77. The molecule has 0 radical (unpaired) electrons. The van der Waals surface area contributed by atoms with E-state index in [1.54, 1.807) is 17.4 Å². The number of aromatic nitrogens is 2. The fraction of sp³-hybridized carbons (Fsp3) is 0.533. The summed E-state index contributed by atoms with van der Waals surface area (Å²) in [6, 6.07) is -0.429. The van der Waals surface area contributed by atoms with Crippen LogP contribution >= 0.6 is 0 Å². The maximum atomic E-state index is 10.8. The number of H-pyrrole nitrogens is 1. The monoisotopic (exact) mass is 348 g/mol. The summed E-state index contributed by atoms with van der Waals surface area (Å²) in [6.45, 7) is 1.10. The van der Waals surface area contributed by atoms with Gasteiger partial charge in [0.05, 0.1) is 12.6 Å². The van der Waals surface area contributed by atoms with E-state index in [4.69, 9.17) is 10.5 Å². The first-order valence-electron chi connectivity index (χ1n) is 8.00. The predicted octanol–water partition coefficient (Wildman–Crippen LogP) is -1.62. The van der Waals surface area contributed by atoms with Gasteiger partial charge in [0.1, 0.15) is 41.8 Å². The van der Waals surface area contributed by atoms with Crippen LogP contribution in [0.2, 0.25) is 0 Å². The van der Waals surface area contributed by atoms with Crippen molar-refractivity contribution in [1.82, 2.24) is 15.0 Å². The van der Waals surface area contributed by atoms with E-state index in [2.05, 4.69) is 20.1 Å². The van der Waals surface area contributed by atoms with Crippen LogP contribution in [0, 0.1) is 0 Å². The van der Waals surface area contributed by atoms with Gasteiger partial charge in [0, 0.05) is 24.4 Å². The topological polar surface area (TPSA) is 153 Å². The number of rotatable bonds is 3. The van der Waals surface area contributed by atoms with Crippen LogP contribution in [-0.2, 0) is 4.74 Å². The van der Waals surface area contributed by atoms with E-state index in [9.17, 15) is 15.3 Å². The number of aliphatic hydroxyl groups excluding tert-OH is 2. The maximum absolute atomic E-state index is 10.8. The average molecular weight is 348 g/mol. The second-order valence-corrected chi connectivity index (χ2v) is 6.57. The average Bonchev–Trinajstić information content (AvgIpc) is 3.27. The minimum Gasteiger partial charge on any atom is -0.394 e. The Morgan fingerprint density at radius 1 is 1.52 bits per heavy atom. The molecule has 1 fully saturated rings. The molecule has 10 nitrogen and oxygen atoms in total. The van der Waals surface area contributed by atoms with Gasteiger partial charge in [-0.2, -0.15) is 5.10 Å². The zero-order chi connectivity index (χ0) is 17.8. The Morgan fingerprint density at radius 3 is 2.96 bits per heavy atom. The van der Waals surface area contributed by atoms with Crippen molar-refractivity contribution in [1.29, 1.82) is 0 Å². The third-order valence-corrected chi connectivity index (χ3v) is 5.02. The molecule has 1 unspecified atom stereocenters. The van der Waals surface area contributed by atoms with E-state index < -0.39 is 36.6 Å². The normalized spacial score (nSPS) is 37.6. The van der Waals surface area contributed by atoms with Crippen molar-refractivity contribution >= 4 is 17.7 Å². The summed E-state index contributed by atoms with van der Waals surface area (Å²) in [5.41, 5.74) is 5.90. The van der Waals surface area contributed by atoms with E-state index in [-0.39, 0.29) is 0 Å². The van der Waals surface area contributed by atoms with Crippen LogP contribution in [0.25, 0.3) is 5.57 Å². The number of aromatic amines is 1. The highest BCUT2D eigenvalue weighted by Gasteiger charge is 2.57. The Bertz CT molecular complexity index is 756. The third kappa shape index (κ3) is 2.29. The summed E-state index contributed by atoms with van der Waals surface area (Å²) in [5, 5.41) is 36.4. The highest BCUT2D eigenvalue weighted by Crippen LogP contribution is 2.43. The Morgan fingerprint density at radius 2 is 2.32 bits per heavy atom. The van der Waals surface area contributed by atoms with Crippen LogP contribution in [0.4, 0.5) is 0 Å². The van der Waals surface area contributed by atoms with Gasteiger partial charge in [-0.25, -0.2) is 9.98 Å². The molecule has 0 aliphatic carbocycles. The minimum absolute atomic E-state index is 0.292. The van der Waals surface area contributed by atoms with Gasteiger partial charge >= 0.3 is 0 Å². The van der Waals surface area contributed by atoms with Crippen molar-refractivity contribution in [2.75, 3.05) is 6.61 Å². The SMILES string of the molecule is C[C@@]1(O)[C@H](O)[C@@H](CO)O[C@H]1C1CC(c2ncc[nH]2)=C2C(N)=NC=NN21. The lowest BCUT2D eigenvalue weighted by molar-refractivity contribution is -0.0874. The van der Waals surface area contributed by atoms with E-state index in [0.717, 1.165) is 5.57 Å². The molecule has 10 heteroatoms. The minimum atomic E-state index is -1.55. The standard InChI is InChI=1S/C15H20N6O4/c1-15(24)11(23)9(5-22)25-12(15)8-4-7(14-17-2-3-18-14)10-13(16)19-6-20-21(8)10/h2-3,6,8-9,11-12,22-24H,4-5H2,1H3,(H,17,18)(H2,16,19,20)/t8?,9-,11-,12+,15-/m1/s1. The first kappa shape index (κ1) is 16.2. The van der Waals surface area contributed by atoms with Gasteiger partial charge < -0.3 is 30.8 Å². The van der Waals surface area contributed by atoms with Crippen LogP contribution in [-0.4, -0.2) is 79.0 Å². The number of aliphatic hydroxyl groups is 3. The van der Waals surface area contributed by atoms with Crippen LogP contribution in [0.5, 0.6) is 0 Å². The lowest BCUT2D eigenvalue weighted by Crippen LogP contribution is -2.53. The van der Waals surface area contributed by atoms with Gasteiger partial charge in [0.25, 0.3) is 0 Å². The zero-order valence-corrected chi connectivity index (χ0v) is 13.6.